The predicted molar refractivity (Wildman–Crippen MR) is 81.4 cm³/mol. The number of benzene rings is 1. The van der Waals surface area contributed by atoms with Crippen molar-refractivity contribution in [2.24, 2.45) is 5.92 Å². The van der Waals surface area contributed by atoms with E-state index in [1.165, 1.54) is 18.9 Å². The van der Waals surface area contributed by atoms with Gasteiger partial charge in [-0.25, -0.2) is 4.39 Å². The fourth-order valence-corrected chi connectivity index (χ4v) is 3.20. The lowest BCUT2D eigenvalue weighted by molar-refractivity contribution is 0.109. The van der Waals surface area contributed by atoms with E-state index >= 15 is 0 Å². The lowest BCUT2D eigenvalue weighted by Crippen LogP contribution is -2.31. The van der Waals surface area contributed by atoms with Gasteiger partial charge in [-0.15, -0.1) is 0 Å². The lowest BCUT2D eigenvalue weighted by atomic mass is 10.0. The van der Waals surface area contributed by atoms with Gasteiger partial charge in [-0.1, -0.05) is 18.9 Å². The zero-order valence-electron chi connectivity index (χ0n) is 12.1. The third-order valence-electron chi connectivity index (χ3n) is 4.41. The molecule has 1 heterocycles. The molecule has 4 heteroatoms. The van der Waals surface area contributed by atoms with Gasteiger partial charge in [-0.3, -0.25) is 4.98 Å². The van der Waals surface area contributed by atoms with E-state index in [-0.39, 0.29) is 11.9 Å². The second-order valence-corrected chi connectivity index (χ2v) is 5.85. The van der Waals surface area contributed by atoms with Gasteiger partial charge in [0.05, 0.1) is 11.6 Å². The first kappa shape index (κ1) is 14.4. The van der Waals surface area contributed by atoms with E-state index in [0.717, 1.165) is 18.4 Å². The Balaban J connectivity index is 1.64. The van der Waals surface area contributed by atoms with Gasteiger partial charge in [-0.2, -0.15) is 0 Å². The van der Waals surface area contributed by atoms with Crippen molar-refractivity contribution in [2.75, 3.05) is 6.54 Å². The zero-order chi connectivity index (χ0) is 14.7. The predicted octanol–water partition coefficient (Wildman–Crippen LogP) is 3.01. The molecule has 3 rings (SSSR count). The average molecular weight is 288 g/mol. The molecule has 0 amide bonds. The number of aromatic nitrogens is 1. The van der Waals surface area contributed by atoms with E-state index in [1.807, 2.05) is 0 Å². The number of nitrogens with zero attached hydrogens (tertiary/aromatic N) is 1. The molecule has 0 bridgehead atoms. The van der Waals surface area contributed by atoms with Crippen molar-refractivity contribution >= 4 is 10.9 Å². The van der Waals surface area contributed by atoms with Crippen molar-refractivity contribution in [3.8, 4) is 0 Å². The molecule has 1 saturated carbocycles. The number of fused-ring (bicyclic) bond motifs is 1. The summed E-state index contributed by atoms with van der Waals surface area (Å²) in [5.74, 6) is 0.188. The minimum Gasteiger partial charge on any atom is -0.392 e. The highest BCUT2D eigenvalue weighted by Gasteiger charge is 2.22. The first-order valence-electron chi connectivity index (χ1n) is 7.66. The Bertz CT molecular complexity index is 611. The molecular formula is C17H21FN2O. The van der Waals surface area contributed by atoms with Gasteiger partial charge in [0.1, 0.15) is 5.82 Å². The maximum absolute atomic E-state index is 13.7. The molecule has 0 spiro atoms. The molecule has 1 aliphatic rings. The van der Waals surface area contributed by atoms with Gasteiger partial charge < -0.3 is 10.4 Å². The van der Waals surface area contributed by atoms with Gasteiger partial charge in [-0.05, 0) is 42.5 Å². The van der Waals surface area contributed by atoms with Crippen LogP contribution in [-0.2, 0) is 6.54 Å². The maximum atomic E-state index is 13.7. The van der Waals surface area contributed by atoms with E-state index in [9.17, 15) is 9.50 Å². The van der Waals surface area contributed by atoms with Crippen LogP contribution in [-0.4, -0.2) is 22.7 Å². The van der Waals surface area contributed by atoms with Gasteiger partial charge in [0.2, 0.25) is 0 Å². The topological polar surface area (TPSA) is 45.1 Å². The summed E-state index contributed by atoms with van der Waals surface area (Å²) in [5, 5.41) is 14.0. The highest BCUT2D eigenvalue weighted by molar-refractivity contribution is 5.82. The summed E-state index contributed by atoms with van der Waals surface area (Å²) in [6, 6.07) is 6.73. The Labute approximate surface area is 124 Å². The Morgan fingerprint density at radius 3 is 2.90 bits per heavy atom. The van der Waals surface area contributed by atoms with Gasteiger partial charge in [0.25, 0.3) is 0 Å². The Hall–Kier alpha value is -1.52. The summed E-state index contributed by atoms with van der Waals surface area (Å²) in [6.07, 6.45) is 6.11. The van der Waals surface area contributed by atoms with Gasteiger partial charge >= 0.3 is 0 Å². The number of hydrogen-bond donors (Lipinski definition) is 2. The van der Waals surface area contributed by atoms with Gasteiger partial charge in [0, 0.05) is 24.7 Å². The monoisotopic (exact) mass is 288 g/mol. The van der Waals surface area contributed by atoms with E-state index in [4.69, 9.17) is 0 Å². The number of nitrogens with one attached hydrogen (secondary N) is 1. The summed E-state index contributed by atoms with van der Waals surface area (Å²) in [5.41, 5.74) is 1.66. The molecule has 1 atom stereocenters. The number of pyridine rings is 1. The van der Waals surface area contributed by atoms with E-state index in [2.05, 4.69) is 10.3 Å². The molecule has 21 heavy (non-hydrogen) atoms. The Kier molecular flexibility index (Phi) is 4.46. The molecule has 1 aliphatic carbocycles. The van der Waals surface area contributed by atoms with Crippen LogP contribution in [0.4, 0.5) is 4.39 Å². The second kappa shape index (κ2) is 6.50. The van der Waals surface area contributed by atoms with Crippen molar-refractivity contribution in [2.45, 2.75) is 38.3 Å². The fourth-order valence-electron chi connectivity index (χ4n) is 3.20. The SMILES string of the molecule is OC(CNCc1ccc(F)c2cccnc12)C1CCCC1. The van der Waals surface area contributed by atoms with Crippen molar-refractivity contribution < 1.29 is 9.50 Å². The normalized spacial score (nSPS) is 17.4. The van der Waals surface area contributed by atoms with Crippen LogP contribution in [0.2, 0.25) is 0 Å². The summed E-state index contributed by atoms with van der Waals surface area (Å²) < 4.78 is 13.7. The quantitative estimate of drug-likeness (QED) is 0.889. The molecule has 1 fully saturated rings. The van der Waals surface area contributed by atoms with Crippen LogP contribution in [0.5, 0.6) is 0 Å². The number of aliphatic hydroxyl groups excluding tert-OH is 1. The summed E-state index contributed by atoms with van der Waals surface area (Å²) >= 11 is 0. The first-order chi connectivity index (χ1) is 10.3. The summed E-state index contributed by atoms with van der Waals surface area (Å²) in [7, 11) is 0. The van der Waals surface area contributed by atoms with Crippen LogP contribution in [0, 0.1) is 11.7 Å². The molecule has 2 N–H and O–H groups in total. The Morgan fingerprint density at radius 1 is 1.29 bits per heavy atom. The van der Waals surface area contributed by atoms with Gasteiger partial charge in [0.15, 0.2) is 0 Å². The van der Waals surface area contributed by atoms with Crippen LogP contribution in [0.3, 0.4) is 0 Å². The largest absolute Gasteiger partial charge is 0.392 e. The second-order valence-electron chi connectivity index (χ2n) is 5.85. The highest BCUT2D eigenvalue weighted by Crippen LogP contribution is 2.27. The molecule has 0 radical (unpaired) electrons. The standard InChI is InChI=1S/C17H21FN2O/c18-15-8-7-13(17-14(15)6-3-9-20-17)10-19-11-16(21)12-4-1-2-5-12/h3,6-9,12,16,19,21H,1-2,4-5,10-11H2. The fraction of sp³-hybridized carbons (Fsp3) is 0.471. The minimum absolute atomic E-state index is 0.243. The molecule has 1 aromatic heterocycles. The summed E-state index contributed by atoms with van der Waals surface area (Å²) in [4.78, 5) is 4.27. The van der Waals surface area contributed by atoms with E-state index < -0.39 is 0 Å². The smallest absolute Gasteiger partial charge is 0.132 e. The number of aliphatic hydroxyl groups is 1. The van der Waals surface area contributed by atoms with Crippen molar-refractivity contribution in [3.05, 3.63) is 41.8 Å². The first-order valence-corrected chi connectivity index (χ1v) is 7.66. The molecular weight excluding hydrogens is 267 g/mol. The maximum Gasteiger partial charge on any atom is 0.132 e. The van der Waals surface area contributed by atoms with Crippen LogP contribution < -0.4 is 5.32 Å². The molecule has 0 saturated heterocycles. The third-order valence-corrected chi connectivity index (χ3v) is 4.41. The van der Waals surface area contributed by atoms with Crippen molar-refractivity contribution in [3.63, 3.8) is 0 Å². The third kappa shape index (κ3) is 3.22. The molecule has 112 valence electrons. The van der Waals surface area contributed by atoms with Crippen molar-refractivity contribution in [1.82, 2.24) is 10.3 Å². The highest BCUT2D eigenvalue weighted by atomic mass is 19.1. The molecule has 1 aromatic carbocycles. The molecule has 0 aliphatic heterocycles. The van der Waals surface area contributed by atoms with Crippen LogP contribution >= 0.6 is 0 Å². The number of hydrogen-bond acceptors (Lipinski definition) is 3. The van der Waals surface area contributed by atoms with Crippen LogP contribution in [0.15, 0.2) is 30.5 Å². The van der Waals surface area contributed by atoms with Crippen molar-refractivity contribution in [1.29, 1.82) is 0 Å². The molecule has 3 nitrogen and oxygen atoms in total. The van der Waals surface area contributed by atoms with E-state index in [0.29, 0.717) is 29.9 Å². The van der Waals surface area contributed by atoms with Crippen LogP contribution in [0.1, 0.15) is 31.2 Å². The number of rotatable bonds is 5. The molecule has 1 unspecified atom stereocenters. The minimum atomic E-state index is -0.285. The number of halogens is 1. The summed E-state index contributed by atoms with van der Waals surface area (Å²) in [6.45, 7) is 1.17. The average Bonchev–Trinajstić information content (AvgIpc) is 3.04. The lowest BCUT2D eigenvalue weighted by Gasteiger charge is -2.18. The zero-order valence-corrected chi connectivity index (χ0v) is 12.1. The Morgan fingerprint density at radius 2 is 2.10 bits per heavy atom. The molecule has 2 aromatic rings. The van der Waals surface area contributed by atoms with Crippen LogP contribution in [0.25, 0.3) is 10.9 Å². The van der Waals surface area contributed by atoms with E-state index in [1.54, 1.807) is 24.4 Å².